The van der Waals surface area contributed by atoms with Gasteiger partial charge < -0.3 is 34.3 Å². The molecule has 2 N–H and O–H groups in total. The number of nitrogens with one attached hydrogen (secondary N) is 2. The fourth-order valence-electron chi connectivity index (χ4n) is 6.40. The van der Waals surface area contributed by atoms with Crippen molar-refractivity contribution in [3.8, 4) is 23.3 Å². The van der Waals surface area contributed by atoms with Crippen molar-refractivity contribution in [3.05, 3.63) is 182 Å². The molecule has 0 spiro atoms. The number of aromatic nitrogens is 2. The monoisotopic (exact) mass is 1100 g/mol. The van der Waals surface area contributed by atoms with Crippen molar-refractivity contribution in [3.63, 3.8) is 0 Å². The Balaban J connectivity index is 1.27. The van der Waals surface area contributed by atoms with E-state index in [-0.39, 0.29) is 103 Å². The lowest BCUT2D eigenvalue weighted by Crippen LogP contribution is -2.16. The average molecular weight is 1100 g/mol. The largest absolute Gasteiger partial charge is 0.489 e. The highest BCUT2D eigenvalue weighted by Gasteiger charge is 2.27. The first-order valence-corrected chi connectivity index (χ1v) is 23.3. The summed E-state index contributed by atoms with van der Waals surface area (Å²) in [4.78, 5) is 31.8. The molecular formula is C46H36Cl8N6O9. The molecule has 0 aliphatic rings. The van der Waals surface area contributed by atoms with Crippen LogP contribution in [0.25, 0.3) is 0 Å². The molecule has 0 radical (unpaired) electrons. The minimum atomic E-state index is -0.943. The maximum absolute atomic E-state index is 12.0. The van der Waals surface area contributed by atoms with Gasteiger partial charge in [0.2, 0.25) is 23.4 Å². The fourth-order valence-corrected chi connectivity index (χ4v) is 8.07. The van der Waals surface area contributed by atoms with Gasteiger partial charge in [-0.15, -0.1) is 0 Å². The van der Waals surface area contributed by atoms with E-state index in [0.29, 0.717) is 34.0 Å². The summed E-state index contributed by atoms with van der Waals surface area (Å²) >= 11 is 50.3. The molecule has 0 aliphatic heterocycles. The molecule has 2 aromatic heterocycles. The van der Waals surface area contributed by atoms with E-state index in [1.165, 1.54) is 60.7 Å². The van der Waals surface area contributed by atoms with E-state index in [0.717, 1.165) is 0 Å². The molecule has 69 heavy (non-hydrogen) atoms. The number of pyridine rings is 2. The highest BCUT2D eigenvalue weighted by molar-refractivity contribution is 6.56. The minimum absolute atomic E-state index is 0.00190. The van der Waals surface area contributed by atoms with Gasteiger partial charge in [0.25, 0.3) is 0 Å². The first-order valence-electron chi connectivity index (χ1n) is 20.3. The second kappa shape index (κ2) is 25.9. The van der Waals surface area contributed by atoms with Crippen LogP contribution in [0, 0.1) is 20.2 Å². The maximum atomic E-state index is 12.0. The summed E-state index contributed by atoms with van der Waals surface area (Å²) in [6.45, 7) is 0.0988. The normalized spacial score (nSPS) is 11.7. The van der Waals surface area contributed by atoms with Gasteiger partial charge in [-0.1, -0.05) is 129 Å². The van der Waals surface area contributed by atoms with Gasteiger partial charge in [0.05, 0.1) is 43.2 Å². The number of nitrogens with zero attached hydrogens (tertiary/aromatic N) is 4. The quantitative estimate of drug-likeness (QED) is 0.0332. The highest BCUT2D eigenvalue weighted by Crippen LogP contribution is 2.41. The molecule has 0 bridgehead atoms. The van der Waals surface area contributed by atoms with Gasteiger partial charge in [0, 0.05) is 59.6 Å². The van der Waals surface area contributed by atoms with Gasteiger partial charge in [-0.25, -0.2) is 0 Å². The first kappa shape index (κ1) is 52.9. The van der Waals surface area contributed by atoms with Crippen LogP contribution in [0.4, 0.5) is 34.4 Å². The summed E-state index contributed by atoms with van der Waals surface area (Å²) in [5, 5.41) is 30.6. The van der Waals surface area contributed by atoms with Crippen molar-refractivity contribution < 1.29 is 33.5 Å². The number of anilines is 4. The number of hydrogen-bond acceptors (Lipinski definition) is 13. The summed E-state index contributed by atoms with van der Waals surface area (Å²) in [5.74, 6) is 0.472. The third kappa shape index (κ3) is 15.8. The van der Waals surface area contributed by atoms with Crippen LogP contribution in [-0.4, -0.2) is 46.2 Å². The second-order valence-corrected chi connectivity index (χ2v) is 17.8. The van der Waals surface area contributed by atoms with E-state index in [2.05, 4.69) is 20.6 Å². The van der Waals surface area contributed by atoms with E-state index in [9.17, 15) is 20.2 Å². The van der Waals surface area contributed by atoms with Gasteiger partial charge in [-0.3, -0.25) is 20.2 Å². The van der Waals surface area contributed by atoms with Crippen LogP contribution in [0.2, 0.25) is 20.1 Å². The third-order valence-electron chi connectivity index (χ3n) is 9.46. The van der Waals surface area contributed by atoms with Gasteiger partial charge in [-0.2, -0.15) is 9.97 Å². The Morgan fingerprint density at radius 3 is 1.26 bits per heavy atom. The molecule has 23 heteroatoms. The Labute approximate surface area is 435 Å². The average Bonchev–Trinajstić information content (AvgIpc) is 3.28. The van der Waals surface area contributed by atoms with Crippen molar-refractivity contribution in [1.82, 2.24) is 9.97 Å². The maximum Gasteiger partial charge on any atom is 0.311 e. The molecule has 6 rings (SSSR count). The number of benzene rings is 4. The Kier molecular flexibility index (Phi) is 19.9. The predicted octanol–water partition coefficient (Wildman–Crippen LogP) is 15.5. The van der Waals surface area contributed by atoms with Crippen LogP contribution in [0.1, 0.15) is 36.2 Å². The number of para-hydroxylation sites is 2. The topological polar surface area (TPSA) is 182 Å². The molecule has 4 aromatic carbocycles. The Morgan fingerprint density at radius 2 is 0.928 bits per heavy atom. The lowest BCUT2D eigenvalue weighted by atomic mass is 10.1. The van der Waals surface area contributed by atoms with Gasteiger partial charge in [-0.05, 0) is 60.7 Å². The molecule has 0 aliphatic carbocycles. The van der Waals surface area contributed by atoms with Crippen molar-refractivity contribution >= 4 is 127 Å². The summed E-state index contributed by atoms with van der Waals surface area (Å²) < 4.78 is 30.4. The number of ether oxygens (including phenoxy) is 5. The minimum Gasteiger partial charge on any atom is -0.489 e. The molecule has 15 nitrogen and oxygen atoms in total. The van der Waals surface area contributed by atoms with E-state index >= 15 is 0 Å². The molecule has 2 unspecified atom stereocenters. The Bertz CT molecular complexity index is 2570. The molecule has 0 fully saturated rings. The van der Waals surface area contributed by atoms with Crippen LogP contribution in [-0.2, 0) is 4.74 Å². The first-order chi connectivity index (χ1) is 33.1. The van der Waals surface area contributed by atoms with Crippen LogP contribution >= 0.6 is 92.8 Å². The van der Waals surface area contributed by atoms with Gasteiger partial charge in [0.15, 0.2) is 0 Å². The van der Waals surface area contributed by atoms with Crippen molar-refractivity contribution in [1.29, 1.82) is 0 Å². The number of hydrogen-bond donors (Lipinski definition) is 2. The summed E-state index contributed by atoms with van der Waals surface area (Å²) in [6.07, 6.45) is 1.22. The van der Waals surface area contributed by atoms with E-state index < -0.39 is 22.1 Å². The molecule has 0 amide bonds. The molecule has 0 saturated carbocycles. The van der Waals surface area contributed by atoms with Crippen LogP contribution in [0.3, 0.4) is 0 Å². The summed E-state index contributed by atoms with van der Waals surface area (Å²) in [5.41, 5.74) is 1.19. The summed E-state index contributed by atoms with van der Waals surface area (Å²) in [7, 11) is 0. The molecule has 360 valence electrons. The number of nitro groups is 2. The molecular weight excluding hydrogens is 1060 g/mol. The Hall–Kier alpha value is -5.46. The zero-order valence-corrected chi connectivity index (χ0v) is 41.5. The van der Waals surface area contributed by atoms with Crippen LogP contribution < -0.4 is 29.6 Å². The van der Waals surface area contributed by atoms with Gasteiger partial charge >= 0.3 is 11.4 Å². The van der Waals surface area contributed by atoms with Crippen LogP contribution in [0.15, 0.2) is 130 Å². The van der Waals surface area contributed by atoms with Gasteiger partial charge in [0.1, 0.15) is 45.9 Å². The molecule has 6 aromatic rings. The molecule has 2 atom stereocenters. The number of halogens is 8. The summed E-state index contributed by atoms with van der Waals surface area (Å²) in [6, 6.07) is 28.9. The lowest BCUT2D eigenvalue weighted by Gasteiger charge is -2.23. The molecule has 0 saturated heterocycles. The second-order valence-electron chi connectivity index (χ2n) is 14.1. The third-order valence-corrected chi connectivity index (χ3v) is 11.3. The molecule has 2 heterocycles. The zero-order chi connectivity index (χ0) is 49.5. The standard InChI is InChI=1S/C46H36Cl8N6O9/c47-31-23-29(66-21-17-39(51)52)24-32(48)43(31)37(68-41-13-11-35(59(61)62)45(57-41)55-27-7-3-1-4-8-27)15-19-65-20-16-38(44-33(49)25-30(26-34(44)50)67-22-18-40(53)54)69-42-14-12-36(60(63)64)46(58-42)56-28-9-5-2-6-10-28/h1-14,17-18,23-26,37-38H,15-16,19-22H2,(H,55,57)(H,56,58). The predicted molar refractivity (Wildman–Crippen MR) is 272 cm³/mol. The van der Waals surface area contributed by atoms with E-state index in [1.807, 2.05) is 0 Å². The van der Waals surface area contributed by atoms with E-state index in [4.69, 9.17) is 116 Å². The fraction of sp³-hybridized carbons (Fsp3) is 0.174. The SMILES string of the molecule is O=[N+]([O-])c1ccc(OC(CCOCCC(Oc2ccc([N+](=O)[O-])c(Nc3ccccc3)n2)c2c(Cl)cc(OCC=C(Cl)Cl)cc2Cl)c2c(Cl)cc(OCC=C(Cl)Cl)cc2Cl)nc1Nc1ccccc1. The van der Waals surface area contributed by atoms with Crippen molar-refractivity contribution in [2.75, 3.05) is 37.1 Å². The number of rotatable bonds is 24. The smallest absolute Gasteiger partial charge is 0.311 e. The van der Waals surface area contributed by atoms with Crippen molar-refractivity contribution in [2.45, 2.75) is 25.0 Å². The highest BCUT2D eigenvalue weighted by atomic mass is 35.5. The van der Waals surface area contributed by atoms with Crippen LogP contribution in [0.5, 0.6) is 23.3 Å². The van der Waals surface area contributed by atoms with E-state index in [1.54, 1.807) is 60.7 Å². The Morgan fingerprint density at radius 1 is 0.565 bits per heavy atom. The lowest BCUT2D eigenvalue weighted by molar-refractivity contribution is -0.384. The zero-order valence-electron chi connectivity index (χ0n) is 35.4. The van der Waals surface area contributed by atoms with Crippen molar-refractivity contribution in [2.24, 2.45) is 0 Å².